The van der Waals surface area contributed by atoms with Crippen molar-refractivity contribution in [2.75, 3.05) is 63.0 Å². The Kier molecular flexibility index (Phi) is 10.3. The summed E-state index contributed by atoms with van der Waals surface area (Å²) in [5, 5.41) is 8.27. The van der Waals surface area contributed by atoms with E-state index in [-0.39, 0.29) is 24.8 Å². The summed E-state index contributed by atoms with van der Waals surface area (Å²) in [5.41, 5.74) is 11.1. The molecule has 0 aliphatic carbocycles. The van der Waals surface area contributed by atoms with E-state index >= 15 is 0 Å². The zero-order chi connectivity index (χ0) is 40.7. The first-order chi connectivity index (χ1) is 29.3. The maximum Gasteiger partial charge on any atom is 0.420 e. The number of nitrogens with two attached hydrogens (primary N) is 1. The van der Waals surface area contributed by atoms with Gasteiger partial charge in [-0.1, -0.05) is 18.2 Å². The Hall–Kier alpha value is -6.06. The Morgan fingerprint density at radius 2 is 1.52 bits per heavy atom. The fourth-order valence-electron chi connectivity index (χ4n) is 9.88. The molecule has 2 atom stereocenters. The molecule has 0 radical (unpaired) electrons. The van der Waals surface area contributed by atoms with Gasteiger partial charge in [-0.25, -0.2) is 19.4 Å². The number of carbonyl (C=O) groups is 2. The second-order valence-electron chi connectivity index (χ2n) is 16.9. The molecule has 15 nitrogen and oxygen atoms in total. The topological polar surface area (TPSA) is 170 Å². The fourth-order valence-corrected chi connectivity index (χ4v) is 9.88. The third kappa shape index (κ3) is 7.63. The number of imide groups is 1. The number of rotatable bonds is 10. The lowest BCUT2D eigenvalue weighted by Crippen LogP contribution is -2.43. The summed E-state index contributed by atoms with van der Waals surface area (Å²) >= 11 is 0. The Balaban J connectivity index is 0.707. The van der Waals surface area contributed by atoms with Gasteiger partial charge >= 0.3 is 5.76 Å². The number of carbonyl (C=O) groups excluding carboxylic acids is 2. The molecule has 3 aromatic heterocycles. The van der Waals surface area contributed by atoms with Gasteiger partial charge in [0.2, 0.25) is 11.8 Å². The van der Waals surface area contributed by atoms with Gasteiger partial charge in [0.1, 0.15) is 35.4 Å². The number of nitrogens with one attached hydrogen (secondary N) is 1. The van der Waals surface area contributed by atoms with Crippen LogP contribution in [0.25, 0.3) is 33.4 Å². The Morgan fingerprint density at radius 3 is 2.30 bits per heavy atom. The maximum absolute atomic E-state index is 12.8. The summed E-state index contributed by atoms with van der Waals surface area (Å²) in [6, 6.07) is 23.0. The number of aromatic nitrogens is 5. The van der Waals surface area contributed by atoms with E-state index in [0.29, 0.717) is 28.8 Å². The molecule has 15 heteroatoms. The van der Waals surface area contributed by atoms with Gasteiger partial charge in [-0.2, -0.15) is 5.10 Å². The van der Waals surface area contributed by atoms with Gasteiger partial charge < -0.3 is 29.6 Å². The molecular weight excluding hydrogens is 761 g/mol. The van der Waals surface area contributed by atoms with Crippen LogP contribution in [0.1, 0.15) is 57.0 Å². The third-order valence-electron chi connectivity index (χ3n) is 13.0. The molecule has 2 unspecified atom stereocenters. The molecule has 0 bridgehead atoms. The second-order valence-corrected chi connectivity index (χ2v) is 16.9. The summed E-state index contributed by atoms with van der Waals surface area (Å²) < 4.78 is 15.1. The molecule has 4 aliphatic rings. The van der Waals surface area contributed by atoms with Crippen molar-refractivity contribution in [1.29, 1.82) is 0 Å². The van der Waals surface area contributed by atoms with Crippen LogP contribution in [0.4, 0.5) is 11.5 Å². The number of hydrogen-bond donors (Lipinski definition) is 2. The summed E-state index contributed by atoms with van der Waals surface area (Å²) in [6.07, 6.45) is 7.49. The standard InChI is InChI=1S/C45H50N10O5/c46-42-40-41(31-6-9-35(10-7-31)59-34-4-2-1-3-5-34)50-55(43(40)48-28-47-42)32-17-20-51(21-18-32)26-30-14-19-52(27-30)25-29-15-22-53(23-16-29)33-8-11-36-38(24-33)60-45(58)54(36)37-12-13-39(56)49-44(37)57/h1-11,24,28-30,32,37H,12-23,25-27H2,(H2,46,47,48)(H,49,56,57). The number of hydrogen-bond acceptors (Lipinski definition) is 12. The number of likely N-dealkylation sites (tertiary alicyclic amines) is 2. The molecule has 3 N–H and O–H groups in total. The number of ether oxygens (including phenoxy) is 1. The van der Waals surface area contributed by atoms with Crippen molar-refractivity contribution < 1.29 is 18.7 Å². The first kappa shape index (κ1) is 38.2. The molecule has 4 fully saturated rings. The number of benzene rings is 3. The molecule has 3 aromatic carbocycles. The lowest BCUT2D eigenvalue weighted by atomic mass is 9.95. The highest BCUT2D eigenvalue weighted by atomic mass is 16.5. The minimum atomic E-state index is -0.743. The predicted molar refractivity (Wildman–Crippen MR) is 228 cm³/mol. The minimum Gasteiger partial charge on any atom is -0.457 e. The van der Waals surface area contributed by atoms with E-state index < -0.39 is 17.7 Å². The number of amides is 2. The van der Waals surface area contributed by atoms with Crippen molar-refractivity contribution >= 4 is 45.5 Å². The highest BCUT2D eigenvalue weighted by molar-refractivity contribution is 6.00. The number of oxazole rings is 1. The Labute approximate surface area is 347 Å². The van der Waals surface area contributed by atoms with Gasteiger partial charge in [-0.3, -0.25) is 19.5 Å². The normalized spacial score (nSPS) is 21.3. The van der Waals surface area contributed by atoms with Crippen molar-refractivity contribution in [2.24, 2.45) is 11.8 Å². The molecular formula is C45H50N10O5. The predicted octanol–water partition coefficient (Wildman–Crippen LogP) is 5.63. The van der Waals surface area contributed by atoms with Crippen LogP contribution in [0.15, 0.2) is 88.3 Å². The monoisotopic (exact) mass is 810 g/mol. The zero-order valence-corrected chi connectivity index (χ0v) is 33.6. The van der Waals surface area contributed by atoms with Gasteiger partial charge in [0.25, 0.3) is 0 Å². The number of anilines is 2. The number of nitrogens with zero attached hydrogens (tertiary/aromatic N) is 8. The van der Waals surface area contributed by atoms with E-state index in [1.807, 2.05) is 72.8 Å². The van der Waals surface area contributed by atoms with Crippen LogP contribution >= 0.6 is 0 Å². The van der Waals surface area contributed by atoms with Crippen LogP contribution in [0, 0.1) is 11.8 Å². The highest BCUT2D eigenvalue weighted by Crippen LogP contribution is 2.36. The summed E-state index contributed by atoms with van der Waals surface area (Å²) in [5.74, 6) is 1.96. The van der Waals surface area contributed by atoms with Gasteiger partial charge in [-0.05, 0) is 105 Å². The van der Waals surface area contributed by atoms with E-state index in [1.165, 1.54) is 17.3 Å². The molecule has 0 spiro atoms. The Bertz CT molecular complexity index is 2570. The van der Waals surface area contributed by atoms with E-state index in [1.54, 1.807) is 0 Å². The van der Waals surface area contributed by atoms with E-state index in [9.17, 15) is 14.4 Å². The average molecular weight is 811 g/mol. The van der Waals surface area contributed by atoms with Crippen LogP contribution < -0.4 is 26.4 Å². The molecule has 4 aliphatic heterocycles. The SMILES string of the molecule is Nc1ncnc2c1c(-c1ccc(Oc3ccccc3)cc1)nn2C1CCN(CC2CCN(CC3CCN(c4ccc5c(c4)oc(=O)n5C4CCC(=O)NC4=O)CC3)C2)CC1. The van der Waals surface area contributed by atoms with Crippen LogP contribution in [-0.4, -0.2) is 98.3 Å². The lowest BCUT2D eigenvalue weighted by Gasteiger charge is -2.35. The molecule has 10 rings (SSSR count). The maximum atomic E-state index is 12.8. The highest BCUT2D eigenvalue weighted by Gasteiger charge is 2.33. The smallest absolute Gasteiger partial charge is 0.420 e. The first-order valence-corrected chi connectivity index (χ1v) is 21.3. The summed E-state index contributed by atoms with van der Waals surface area (Å²) in [6.45, 7) is 8.52. The average Bonchev–Trinajstić information content (AvgIpc) is 3.97. The number of para-hydroxylation sites is 1. The largest absolute Gasteiger partial charge is 0.457 e. The summed E-state index contributed by atoms with van der Waals surface area (Å²) in [7, 11) is 0. The van der Waals surface area contributed by atoms with E-state index in [2.05, 4.69) is 34.7 Å². The van der Waals surface area contributed by atoms with E-state index in [4.69, 9.17) is 20.0 Å². The van der Waals surface area contributed by atoms with Crippen LogP contribution in [0.5, 0.6) is 11.5 Å². The molecule has 6 aromatic rings. The first-order valence-electron chi connectivity index (χ1n) is 21.3. The van der Waals surface area contributed by atoms with Crippen LogP contribution in [0.2, 0.25) is 0 Å². The van der Waals surface area contributed by atoms with Crippen molar-refractivity contribution in [3.8, 4) is 22.8 Å². The third-order valence-corrected chi connectivity index (χ3v) is 13.0. The van der Waals surface area contributed by atoms with Crippen molar-refractivity contribution in [1.82, 2.24) is 39.4 Å². The van der Waals surface area contributed by atoms with Crippen LogP contribution in [0.3, 0.4) is 0 Å². The van der Waals surface area contributed by atoms with Gasteiger partial charge in [-0.15, -0.1) is 0 Å². The zero-order valence-electron chi connectivity index (χ0n) is 33.6. The quantitative estimate of drug-likeness (QED) is 0.164. The molecule has 310 valence electrons. The van der Waals surface area contributed by atoms with E-state index in [0.717, 1.165) is 118 Å². The summed E-state index contributed by atoms with van der Waals surface area (Å²) in [4.78, 5) is 53.6. The minimum absolute atomic E-state index is 0.199. The van der Waals surface area contributed by atoms with Crippen LogP contribution in [-0.2, 0) is 9.59 Å². The van der Waals surface area contributed by atoms with Crippen molar-refractivity contribution in [2.45, 2.75) is 57.0 Å². The molecule has 4 saturated heterocycles. The molecule has 0 saturated carbocycles. The van der Waals surface area contributed by atoms with Gasteiger partial charge in [0, 0.05) is 69.6 Å². The van der Waals surface area contributed by atoms with Gasteiger partial charge in [0.15, 0.2) is 11.2 Å². The number of piperidine rings is 3. The molecule has 7 heterocycles. The number of nitrogen functional groups attached to an aromatic ring is 1. The van der Waals surface area contributed by atoms with Crippen molar-refractivity contribution in [3.05, 3.63) is 89.7 Å². The molecule has 2 amide bonds. The Morgan fingerprint density at radius 1 is 0.783 bits per heavy atom. The molecule has 60 heavy (non-hydrogen) atoms. The van der Waals surface area contributed by atoms with Crippen molar-refractivity contribution in [3.63, 3.8) is 0 Å². The lowest BCUT2D eigenvalue weighted by molar-refractivity contribution is -0.135. The van der Waals surface area contributed by atoms with Gasteiger partial charge in [0.05, 0.1) is 16.9 Å². The number of fused-ring (bicyclic) bond motifs is 2. The second kappa shape index (κ2) is 16.2. The fraction of sp³-hybridized carbons (Fsp3) is 0.422.